The van der Waals surface area contributed by atoms with Crippen LogP contribution in [0.2, 0.25) is 0 Å². The van der Waals surface area contributed by atoms with Crippen LogP contribution in [0.1, 0.15) is 21.6 Å². The van der Waals surface area contributed by atoms with E-state index < -0.39 is 144 Å². The molecule has 0 saturated heterocycles. The van der Waals surface area contributed by atoms with Gasteiger partial charge in [0.05, 0.1) is 0 Å². The number of pyridine rings is 1. The van der Waals surface area contributed by atoms with Gasteiger partial charge in [-0.15, -0.1) is 21.9 Å². The van der Waals surface area contributed by atoms with Crippen LogP contribution in [-0.2, 0) is 6.54 Å². The first kappa shape index (κ1) is 48.3. The molecule has 0 unspecified atom stereocenters. The molecule has 7 rings (SSSR count). The summed E-state index contributed by atoms with van der Waals surface area (Å²) < 4.78 is 296. The van der Waals surface area contributed by atoms with Crippen LogP contribution in [0, 0.1) is 116 Å². The lowest BCUT2D eigenvalue weighted by atomic mass is 9.12. The zero-order valence-corrected chi connectivity index (χ0v) is 31.8. The van der Waals surface area contributed by atoms with E-state index in [0.717, 1.165) is 0 Å². The fraction of sp³-hybridized carbons (Fsp3) is 0.0233. The molecule has 6 aromatic carbocycles. The van der Waals surface area contributed by atoms with Gasteiger partial charge in [-0.05, 0) is 6.07 Å². The van der Waals surface area contributed by atoms with Gasteiger partial charge in [0.1, 0.15) is 52.7 Å². The largest absolute Gasteiger partial charge is 0.282 e. The van der Waals surface area contributed by atoms with Crippen molar-refractivity contribution in [3.63, 3.8) is 0 Å². The second kappa shape index (κ2) is 18.4. The number of carbonyl (C=O) groups is 1. The Bertz CT molecular complexity index is 2700. The van der Waals surface area contributed by atoms with E-state index in [0.29, 0.717) is 17.8 Å². The number of aromatic nitrogens is 1. The summed E-state index contributed by atoms with van der Waals surface area (Å²) in [7, 11) is 0. The Morgan fingerprint density at radius 3 is 0.894 bits per heavy atom. The van der Waals surface area contributed by atoms with Crippen LogP contribution in [0.15, 0.2) is 85.1 Å². The third kappa shape index (κ3) is 7.68. The Morgan fingerprint density at radius 2 is 0.591 bits per heavy atom. The molecule has 0 bridgehead atoms. The SMILES string of the molecule is Fc1c(F)c(F)c([B-](c2c(F)c(F)c(F)c(F)c2F)(c2c(F)c(F)c(F)c(F)c2F)c2c(F)c(F)c(F)c(F)c2F)c(F)c1F.O=C(c1ccccc1)c1cccc[n+]1Cc1ccccc1. The molecule has 0 atom stereocenters. The smallest absolute Gasteiger partial charge is 0.256 e. The molecule has 0 saturated carbocycles. The zero-order chi connectivity index (χ0) is 48.8. The lowest BCUT2D eigenvalue weighted by molar-refractivity contribution is -0.690. The molecule has 1 heterocycles. The summed E-state index contributed by atoms with van der Waals surface area (Å²) in [4.78, 5) is 12.6. The van der Waals surface area contributed by atoms with E-state index in [1.165, 1.54) is 5.56 Å². The van der Waals surface area contributed by atoms with Gasteiger partial charge in [0.2, 0.25) is 0 Å². The molecule has 1 aromatic heterocycles. The Labute approximate surface area is 355 Å². The summed E-state index contributed by atoms with van der Waals surface area (Å²) in [6.07, 6.45) is -5.27. The quantitative estimate of drug-likeness (QED) is 0.0372. The first-order valence-corrected chi connectivity index (χ1v) is 17.9. The summed E-state index contributed by atoms with van der Waals surface area (Å²) in [5.41, 5.74) is -11.7. The predicted octanol–water partition coefficient (Wildman–Crippen LogP) is 9.10. The summed E-state index contributed by atoms with van der Waals surface area (Å²) in [5, 5.41) is 0. The van der Waals surface area contributed by atoms with Crippen LogP contribution in [0.5, 0.6) is 0 Å². The van der Waals surface area contributed by atoms with E-state index in [4.69, 9.17) is 0 Å². The van der Waals surface area contributed by atoms with Gasteiger partial charge in [-0.25, -0.2) is 87.8 Å². The third-order valence-electron chi connectivity index (χ3n) is 10.1. The minimum Gasteiger partial charge on any atom is -0.282 e. The number of ketones is 1. The molecule has 342 valence electrons. The van der Waals surface area contributed by atoms with Gasteiger partial charge >= 0.3 is 0 Å². The number of hydrogen-bond donors (Lipinski definition) is 0. The minimum atomic E-state index is -7.22. The molecule has 66 heavy (non-hydrogen) atoms. The van der Waals surface area contributed by atoms with Crippen molar-refractivity contribution >= 4 is 33.8 Å². The van der Waals surface area contributed by atoms with Gasteiger partial charge in [0.25, 0.3) is 11.5 Å². The van der Waals surface area contributed by atoms with Gasteiger partial charge in [-0.3, -0.25) is 4.79 Å². The van der Waals surface area contributed by atoms with Crippen LogP contribution >= 0.6 is 0 Å². The van der Waals surface area contributed by atoms with Crippen molar-refractivity contribution in [2.24, 2.45) is 0 Å². The van der Waals surface area contributed by atoms with Crippen molar-refractivity contribution < 1.29 is 97.2 Å². The Balaban J connectivity index is 0.000000284. The molecular weight excluding hydrogens is 937 g/mol. The average Bonchev–Trinajstić information content (AvgIpc) is 3.32. The molecule has 0 aliphatic rings. The number of rotatable bonds is 8. The van der Waals surface area contributed by atoms with Crippen molar-refractivity contribution in [2.75, 3.05) is 0 Å². The van der Waals surface area contributed by atoms with Crippen molar-refractivity contribution in [3.8, 4) is 0 Å². The minimum absolute atomic E-state index is 0.0483. The standard InChI is InChI=1S/C24BF20.C19H16NO/c26-5-1(6(27)14(35)21(42)13(5)34)25(2-7(28)15(36)22(43)16(37)8(2)29,3-9(30)17(38)23(44)18(39)10(3)31)4-11(32)19(40)24(45)20(41)12(4)33;21-19(17-11-5-2-6-12-17)18-13-7-8-14-20(18)15-16-9-3-1-4-10-16/h;1-14H,15H2/q-1;+1. The highest BCUT2D eigenvalue weighted by molar-refractivity contribution is 7.20. The van der Waals surface area contributed by atoms with Gasteiger partial charge in [-0.2, -0.15) is 4.57 Å². The molecule has 0 spiro atoms. The number of carbonyl (C=O) groups excluding carboxylic acids is 1. The maximum atomic E-state index is 15.4. The monoisotopic (exact) mass is 953 g/mol. The molecule has 0 aliphatic carbocycles. The predicted molar refractivity (Wildman–Crippen MR) is 191 cm³/mol. The number of nitrogens with zero attached hydrogens (tertiary/aromatic N) is 1. The first-order valence-electron chi connectivity index (χ1n) is 17.9. The molecule has 7 aromatic rings. The molecule has 0 N–H and O–H groups in total. The lowest BCUT2D eigenvalue weighted by Crippen LogP contribution is -2.81. The average molecular weight is 953 g/mol. The second-order valence-corrected chi connectivity index (χ2v) is 13.7. The van der Waals surface area contributed by atoms with Crippen LogP contribution in [0.25, 0.3) is 0 Å². The number of halogens is 20. The number of hydrogen-bond acceptors (Lipinski definition) is 1. The second-order valence-electron chi connectivity index (χ2n) is 13.7. The third-order valence-corrected chi connectivity index (χ3v) is 10.1. The molecule has 2 nitrogen and oxygen atoms in total. The van der Waals surface area contributed by atoms with E-state index in [9.17, 15) is 57.5 Å². The van der Waals surface area contributed by atoms with Gasteiger partial charge in [0, 0.05) is 23.3 Å². The van der Waals surface area contributed by atoms with Crippen molar-refractivity contribution in [3.05, 3.63) is 218 Å². The fourth-order valence-corrected chi connectivity index (χ4v) is 7.21. The number of benzene rings is 6. The molecule has 0 amide bonds. The van der Waals surface area contributed by atoms with Gasteiger partial charge in [-0.1, -0.05) is 60.7 Å². The zero-order valence-electron chi connectivity index (χ0n) is 31.8. The van der Waals surface area contributed by atoms with Crippen LogP contribution < -0.4 is 26.4 Å². The van der Waals surface area contributed by atoms with Crippen molar-refractivity contribution in [2.45, 2.75) is 6.54 Å². The Kier molecular flexibility index (Phi) is 13.4. The molecule has 0 fully saturated rings. The Hall–Kier alpha value is -7.20. The van der Waals surface area contributed by atoms with Gasteiger partial charge in [0.15, 0.2) is 82.5 Å². The van der Waals surface area contributed by atoms with Crippen molar-refractivity contribution in [1.82, 2.24) is 0 Å². The van der Waals surface area contributed by atoms with E-state index in [1.807, 2.05) is 77.5 Å². The van der Waals surface area contributed by atoms with Crippen LogP contribution in [-0.4, -0.2) is 11.9 Å². The maximum Gasteiger partial charge on any atom is 0.256 e. The maximum absolute atomic E-state index is 15.4. The molecule has 0 aliphatic heterocycles. The van der Waals surface area contributed by atoms with Crippen LogP contribution in [0.4, 0.5) is 87.8 Å². The summed E-state index contributed by atoms with van der Waals surface area (Å²) in [5.74, 6) is -71.4. The van der Waals surface area contributed by atoms with Crippen LogP contribution in [0.3, 0.4) is 0 Å². The summed E-state index contributed by atoms with van der Waals surface area (Å²) >= 11 is 0. The normalized spacial score (nSPS) is 11.5. The van der Waals surface area contributed by atoms with Crippen molar-refractivity contribution in [1.29, 1.82) is 0 Å². The highest BCUT2D eigenvalue weighted by Gasteiger charge is 2.52. The molecule has 23 heteroatoms. The highest BCUT2D eigenvalue weighted by atomic mass is 19.2. The highest BCUT2D eigenvalue weighted by Crippen LogP contribution is 2.31. The van der Waals surface area contributed by atoms with E-state index in [-0.39, 0.29) is 5.78 Å². The van der Waals surface area contributed by atoms with E-state index >= 15 is 35.1 Å². The van der Waals surface area contributed by atoms with Gasteiger partial charge < -0.3 is 0 Å². The molecular formula is C43H16BF20NO. The summed E-state index contributed by atoms with van der Waals surface area (Å²) in [6, 6.07) is 25.3. The topological polar surface area (TPSA) is 20.9 Å². The molecule has 0 radical (unpaired) electrons. The lowest BCUT2D eigenvalue weighted by Gasteiger charge is -2.44. The summed E-state index contributed by atoms with van der Waals surface area (Å²) in [6.45, 7) is 0.690. The first-order chi connectivity index (χ1) is 31.0. The Morgan fingerprint density at radius 1 is 0.333 bits per heavy atom. The van der Waals surface area contributed by atoms with E-state index in [2.05, 4.69) is 12.1 Å². The fourth-order valence-electron chi connectivity index (χ4n) is 7.21. The van der Waals surface area contributed by atoms with E-state index in [1.54, 1.807) is 0 Å².